The fourth-order valence-corrected chi connectivity index (χ4v) is 3.63. The maximum atomic E-state index is 6.62. The normalized spacial score (nSPS) is 14.7. The molecule has 0 saturated heterocycles. The van der Waals surface area contributed by atoms with Crippen LogP contribution in [0, 0.1) is 6.92 Å². The predicted octanol–water partition coefficient (Wildman–Crippen LogP) is 4.04. The van der Waals surface area contributed by atoms with E-state index < -0.39 is 0 Å². The molecule has 6 heteroatoms. The molecule has 2 rings (SSSR count). The van der Waals surface area contributed by atoms with Crippen molar-refractivity contribution in [2.75, 3.05) is 38.0 Å². The highest BCUT2D eigenvalue weighted by Crippen LogP contribution is 2.41. The van der Waals surface area contributed by atoms with Crippen LogP contribution in [0.15, 0.2) is 11.1 Å². The number of hydrogen-bond donors (Lipinski definition) is 2. The fourth-order valence-electron chi connectivity index (χ4n) is 3.09. The van der Waals surface area contributed by atoms with Gasteiger partial charge in [0, 0.05) is 18.2 Å². The number of rotatable bonds is 5. The third-order valence-corrected chi connectivity index (χ3v) is 5.45. The largest absolute Gasteiger partial charge is 0.354 e. The van der Waals surface area contributed by atoms with Crippen LogP contribution < -0.4 is 15.1 Å². The van der Waals surface area contributed by atoms with Gasteiger partial charge in [-0.2, -0.15) is 0 Å². The van der Waals surface area contributed by atoms with Crippen LogP contribution in [0.5, 0.6) is 0 Å². The second-order valence-corrected chi connectivity index (χ2v) is 6.35. The zero-order chi connectivity index (χ0) is 16.3. The van der Waals surface area contributed by atoms with E-state index >= 15 is 0 Å². The molecule has 1 aliphatic heterocycles. The number of hydrogen-bond acceptors (Lipinski definition) is 3. The van der Waals surface area contributed by atoms with Crippen molar-refractivity contribution in [1.29, 1.82) is 0 Å². The molecule has 4 nitrogen and oxygen atoms in total. The third-order valence-electron chi connectivity index (χ3n) is 4.68. The molecule has 0 amide bonds. The summed E-state index contributed by atoms with van der Waals surface area (Å²) < 4.78 is 0.880. The first-order chi connectivity index (χ1) is 10.5. The van der Waals surface area contributed by atoms with Crippen molar-refractivity contribution in [1.82, 2.24) is 9.80 Å². The standard InChI is InChI=1S/C16H25Cl2N4/c1-5-22(6-2,7-3)13-10-12(17)15(14(18)11(13)4)21-16-19-8-9-20-16/h10H,5-9H2,1-4H3,(H2,19,20,21)/q+1. The third kappa shape index (κ3) is 3.05. The first kappa shape index (κ1) is 17.4. The van der Waals surface area contributed by atoms with Gasteiger partial charge in [-0.05, 0) is 27.7 Å². The second kappa shape index (κ2) is 7.07. The molecule has 0 radical (unpaired) electrons. The molecule has 1 heterocycles. The van der Waals surface area contributed by atoms with Crippen molar-refractivity contribution in [3.05, 3.63) is 21.7 Å². The molecule has 0 saturated carbocycles. The first-order valence-corrected chi connectivity index (χ1v) is 8.65. The molecular weight excluding hydrogens is 319 g/mol. The number of nitrogens with zero attached hydrogens (tertiary/aromatic N) is 2. The lowest BCUT2D eigenvalue weighted by molar-refractivity contribution is 0.314. The highest BCUT2D eigenvalue weighted by atomic mass is 35.5. The van der Waals surface area contributed by atoms with E-state index in [0.717, 1.165) is 54.4 Å². The van der Waals surface area contributed by atoms with E-state index in [1.807, 2.05) is 0 Å². The average molecular weight is 344 g/mol. The molecule has 0 spiro atoms. The summed E-state index contributed by atoms with van der Waals surface area (Å²) in [5, 5.41) is 7.71. The lowest BCUT2D eigenvalue weighted by Crippen LogP contribution is -2.49. The monoisotopic (exact) mass is 343 g/mol. The van der Waals surface area contributed by atoms with E-state index in [1.165, 1.54) is 5.69 Å². The highest BCUT2D eigenvalue weighted by molar-refractivity contribution is 6.40. The quantitative estimate of drug-likeness (QED) is 0.791. The molecule has 1 aromatic rings. The molecule has 1 aromatic carbocycles. The lowest BCUT2D eigenvalue weighted by Gasteiger charge is -2.37. The van der Waals surface area contributed by atoms with Crippen LogP contribution in [0.1, 0.15) is 26.3 Å². The summed E-state index contributed by atoms with van der Waals surface area (Å²) in [6.07, 6.45) is 0. The van der Waals surface area contributed by atoms with Gasteiger partial charge in [-0.25, -0.2) is 0 Å². The summed E-state index contributed by atoms with van der Waals surface area (Å²) in [5.41, 5.74) is 3.02. The lowest BCUT2D eigenvalue weighted by atomic mass is 10.1. The maximum absolute atomic E-state index is 6.62. The van der Waals surface area contributed by atoms with Crippen molar-refractivity contribution in [2.24, 2.45) is 4.99 Å². The second-order valence-electron chi connectivity index (χ2n) is 5.57. The molecule has 0 fully saturated rings. The van der Waals surface area contributed by atoms with Crippen molar-refractivity contribution in [3.8, 4) is 0 Å². The predicted molar refractivity (Wildman–Crippen MR) is 98.5 cm³/mol. The number of aliphatic imine (C=N–C) groups is 1. The van der Waals surface area contributed by atoms with Crippen LogP contribution >= 0.6 is 23.2 Å². The topological polar surface area (TPSA) is 36.4 Å². The molecule has 0 aromatic heterocycles. The number of nitrogens with one attached hydrogen (secondary N) is 2. The Morgan fingerprint density at radius 3 is 2.36 bits per heavy atom. The van der Waals surface area contributed by atoms with Gasteiger partial charge in [-0.1, -0.05) is 23.2 Å². The smallest absolute Gasteiger partial charge is 0.196 e. The van der Waals surface area contributed by atoms with Gasteiger partial charge in [0.05, 0.1) is 41.9 Å². The molecule has 122 valence electrons. The molecule has 0 atom stereocenters. The van der Waals surface area contributed by atoms with E-state index in [-0.39, 0.29) is 0 Å². The van der Waals surface area contributed by atoms with Crippen molar-refractivity contribution < 1.29 is 0 Å². The van der Waals surface area contributed by atoms with Crippen LogP contribution in [0.2, 0.25) is 10.0 Å². The van der Waals surface area contributed by atoms with Crippen LogP contribution in [-0.4, -0.2) is 38.7 Å². The van der Waals surface area contributed by atoms with Crippen molar-refractivity contribution in [3.63, 3.8) is 0 Å². The SMILES string of the molecule is CC[N+](CC)(CC)c1cc(Cl)c(NC2=NCCN2)c(Cl)c1C. The van der Waals surface area contributed by atoms with E-state index in [4.69, 9.17) is 23.2 Å². The van der Waals surface area contributed by atoms with Gasteiger partial charge >= 0.3 is 0 Å². The zero-order valence-corrected chi connectivity index (χ0v) is 15.3. The molecular formula is C16H25Cl2N4+. The van der Waals surface area contributed by atoms with E-state index in [0.29, 0.717) is 10.0 Å². The van der Waals surface area contributed by atoms with Gasteiger partial charge in [-0.15, -0.1) is 0 Å². The van der Waals surface area contributed by atoms with Gasteiger partial charge in [0.2, 0.25) is 0 Å². The summed E-state index contributed by atoms with van der Waals surface area (Å²) in [6, 6.07) is 2.05. The fraction of sp³-hybridized carbons (Fsp3) is 0.562. The summed E-state index contributed by atoms with van der Waals surface area (Å²) in [7, 11) is 0. The maximum Gasteiger partial charge on any atom is 0.196 e. The number of halogens is 2. The highest BCUT2D eigenvalue weighted by Gasteiger charge is 2.29. The minimum absolute atomic E-state index is 0.639. The molecule has 0 bridgehead atoms. The van der Waals surface area contributed by atoms with E-state index in [1.54, 1.807) is 0 Å². The van der Waals surface area contributed by atoms with Gasteiger partial charge in [0.1, 0.15) is 5.69 Å². The first-order valence-electron chi connectivity index (χ1n) is 7.89. The number of guanidine groups is 1. The zero-order valence-electron chi connectivity index (χ0n) is 13.8. The van der Waals surface area contributed by atoms with Crippen molar-refractivity contribution >= 4 is 40.5 Å². The van der Waals surface area contributed by atoms with Crippen LogP contribution in [0.25, 0.3) is 0 Å². The molecule has 1 aliphatic rings. The van der Waals surface area contributed by atoms with E-state index in [2.05, 4.69) is 49.4 Å². The Balaban J connectivity index is 2.48. The number of benzene rings is 1. The van der Waals surface area contributed by atoms with Gasteiger partial charge in [-0.3, -0.25) is 9.48 Å². The van der Waals surface area contributed by atoms with Crippen LogP contribution in [0.4, 0.5) is 11.4 Å². The summed E-state index contributed by atoms with van der Waals surface area (Å²) in [6.45, 7) is 13.3. The molecule has 0 unspecified atom stereocenters. The number of quaternary nitrogens is 1. The Morgan fingerprint density at radius 1 is 1.23 bits per heavy atom. The average Bonchev–Trinajstić information content (AvgIpc) is 3.04. The summed E-state index contributed by atoms with van der Waals surface area (Å²) in [4.78, 5) is 4.34. The summed E-state index contributed by atoms with van der Waals surface area (Å²) in [5.74, 6) is 0.734. The summed E-state index contributed by atoms with van der Waals surface area (Å²) >= 11 is 13.1. The van der Waals surface area contributed by atoms with Gasteiger partial charge in [0.15, 0.2) is 5.96 Å². The number of anilines is 1. The Hall–Kier alpha value is -0.970. The Kier molecular flexibility index (Phi) is 5.59. The van der Waals surface area contributed by atoms with E-state index in [9.17, 15) is 0 Å². The van der Waals surface area contributed by atoms with Gasteiger partial charge in [0.25, 0.3) is 0 Å². The minimum atomic E-state index is 0.639. The minimum Gasteiger partial charge on any atom is -0.354 e. The van der Waals surface area contributed by atoms with Gasteiger partial charge < -0.3 is 10.6 Å². The molecule has 2 N–H and O–H groups in total. The van der Waals surface area contributed by atoms with Crippen LogP contribution in [0.3, 0.4) is 0 Å². The Morgan fingerprint density at radius 2 is 1.86 bits per heavy atom. The Bertz CT molecular complexity index is 572. The Labute approximate surface area is 143 Å². The molecule has 0 aliphatic carbocycles. The van der Waals surface area contributed by atoms with Crippen LogP contribution in [-0.2, 0) is 0 Å². The van der Waals surface area contributed by atoms with Crippen molar-refractivity contribution in [2.45, 2.75) is 27.7 Å². The molecule has 22 heavy (non-hydrogen) atoms.